The number of nitro groups is 1. The van der Waals surface area contributed by atoms with Crippen molar-refractivity contribution in [3.63, 3.8) is 0 Å². The van der Waals surface area contributed by atoms with Crippen LogP contribution in [0.3, 0.4) is 0 Å². The average Bonchev–Trinajstić information content (AvgIpc) is 2.65. The normalized spacial score (nSPS) is 10.5. The van der Waals surface area contributed by atoms with Crippen LogP contribution in [0.15, 0.2) is 54.6 Å². The Kier molecular flexibility index (Phi) is 7.17. The monoisotopic (exact) mass is 356 g/mol. The fraction of sp³-hybridized carbons (Fsp3) is 0.211. The van der Waals surface area contributed by atoms with E-state index in [0.717, 1.165) is 5.75 Å². The number of rotatable bonds is 9. The maximum atomic E-state index is 11.8. The molecular weight excluding hydrogens is 336 g/mol. The molecule has 0 saturated carbocycles. The van der Waals surface area contributed by atoms with Crippen molar-refractivity contribution in [2.24, 2.45) is 0 Å². The minimum atomic E-state index is -0.484. The van der Waals surface area contributed by atoms with E-state index in [1.54, 1.807) is 30.3 Å². The van der Waals surface area contributed by atoms with Gasteiger partial charge in [-0.2, -0.15) is 0 Å². The number of amides is 1. The molecule has 2 aromatic rings. The van der Waals surface area contributed by atoms with E-state index >= 15 is 0 Å². The van der Waals surface area contributed by atoms with Gasteiger partial charge in [-0.15, -0.1) is 0 Å². The fourth-order valence-corrected chi connectivity index (χ4v) is 2.16. The van der Waals surface area contributed by atoms with Crippen LogP contribution in [0.5, 0.6) is 11.5 Å². The number of hydrogen-bond acceptors (Lipinski definition) is 5. The van der Waals surface area contributed by atoms with E-state index < -0.39 is 4.92 Å². The number of nitrogens with one attached hydrogen (secondary N) is 1. The van der Waals surface area contributed by atoms with E-state index in [-0.39, 0.29) is 11.6 Å². The number of nitro benzene ring substituents is 1. The molecule has 0 aliphatic carbocycles. The van der Waals surface area contributed by atoms with Gasteiger partial charge in [-0.05, 0) is 43.3 Å². The molecule has 0 spiro atoms. The van der Waals surface area contributed by atoms with Crippen LogP contribution < -0.4 is 14.8 Å². The van der Waals surface area contributed by atoms with Crippen molar-refractivity contribution in [3.8, 4) is 11.5 Å². The van der Waals surface area contributed by atoms with Crippen LogP contribution in [0, 0.1) is 10.1 Å². The Morgan fingerprint density at radius 1 is 1.12 bits per heavy atom. The van der Waals surface area contributed by atoms with Crippen molar-refractivity contribution in [2.45, 2.75) is 6.92 Å². The first-order valence-corrected chi connectivity index (χ1v) is 8.15. The van der Waals surface area contributed by atoms with Gasteiger partial charge in [0.2, 0.25) is 5.91 Å². The quantitative estimate of drug-likeness (QED) is 0.322. The lowest BCUT2D eigenvalue weighted by atomic mass is 10.1. The van der Waals surface area contributed by atoms with Gasteiger partial charge < -0.3 is 14.8 Å². The van der Waals surface area contributed by atoms with E-state index in [1.807, 2.05) is 19.1 Å². The summed E-state index contributed by atoms with van der Waals surface area (Å²) < 4.78 is 10.9. The highest BCUT2D eigenvalue weighted by molar-refractivity contribution is 5.92. The highest BCUT2D eigenvalue weighted by Crippen LogP contribution is 2.19. The molecule has 0 atom stereocenters. The topological polar surface area (TPSA) is 90.7 Å². The molecule has 0 bridgehead atoms. The Bertz CT molecular complexity index is 772. The largest absolute Gasteiger partial charge is 0.494 e. The molecule has 0 aliphatic heterocycles. The third-order valence-electron chi connectivity index (χ3n) is 3.35. The molecule has 1 amide bonds. The molecule has 7 nitrogen and oxygen atoms in total. The van der Waals surface area contributed by atoms with Gasteiger partial charge in [-0.25, -0.2) is 0 Å². The molecule has 1 N–H and O–H groups in total. The minimum absolute atomic E-state index is 0.0459. The molecule has 0 heterocycles. The summed E-state index contributed by atoms with van der Waals surface area (Å²) >= 11 is 0. The van der Waals surface area contributed by atoms with E-state index in [1.165, 1.54) is 18.2 Å². The zero-order chi connectivity index (χ0) is 18.8. The van der Waals surface area contributed by atoms with Crippen LogP contribution in [-0.4, -0.2) is 30.6 Å². The molecule has 7 heteroatoms. The maximum absolute atomic E-state index is 11.8. The van der Waals surface area contributed by atoms with Crippen molar-refractivity contribution < 1.29 is 19.2 Å². The van der Waals surface area contributed by atoms with Gasteiger partial charge >= 0.3 is 0 Å². The summed E-state index contributed by atoms with van der Waals surface area (Å²) in [6, 6.07) is 13.4. The third-order valence-corrected chi connectivity index (χ3v) is 3.35. The van der Waals surface area contributed by atoms with Crippen molar-refractivity contribution in [1.82, 2.24) is 5.32 Å². The first-order chi connectivity index (χ1) is 12.6. The van der Waals surface area contributed by atoms with Crippen molar-refractivity contribution in [2.75, 3.05) is 19.8 Å². The van der Waals surface area contributed by atoms with E-state index in [4.69, 9.17) is 9.47 Å². The fourth-order valence-electron chi connectivity index (χ4n) is 2.16. The summed E-state index contributed by atoms with van der Waals surface area (Å²) in [5, 5.41) is 13.6. The van der Waals surface area contributed by atoms with Crippen molar-refractivity contribution in [3.05, 3.63) is 70.3 Å². The van der Waals surface area contributed by atoms with Crippen molar-refractivity contribution in [1.29, 1.82) is 0 Å². The highest BCUT2D eigenvalue weighted by Gasteiger charge is 2.09. The molecule has 0 radical (unpaired) electrons. The minimum Gasteiger partial charge on any atom is -0.494 e. The first kappa shape index (κ1) is 19.0. The van der Waals surface area contributed by atoms with Gasteiger partial charge in [-0.3, -0.25) is 14.9 Å². The predicted octanol–water partition coefficient (Wildman–Crippen LogP) is 3.20. The number of benzene rings is 2. The number of hydrogen-bond donors (Lipinski definition) is 1. The molecule has 26 heavy (non-hydrogen) atoms. The lowest BCUT2D eigenvalue weighted by Gasteiger charge is -2.08. The summed E-state index contributed by atoms with van der Waals surface area (Å²) in [6.45, 7) is 3.13. The molecular formula is C19H20N2O5. The maximum Gasteiger partial charge on any atom is 0.276 e. The zero-order valence-corrected chi connectivity index (χ0v) is 14.4. The Labute approximate surface area is 151 Å². The number of ether oxygens (including phenoxy) is 2. The average molecular weight is 356 g/mol. The first-order valence-electron chi connectivity index (χ1n) is 8.15. The van der Waals surface area contributed by atoms with Gasteiger partial charge in [0.25, 0.3) is 5.69 Å². The summed E-state index contributed by atoms with van der Waals surface area (Å²) in [7, 11) is 0. The van der Waals surface area contributed by atoms with Crippen LogP contribution in [0.4, 0.5) is 5.69 Å². The molecule has 0 aliphatic rings. The highest BCUT2D eigenvalue weighted by atomic mass is 16.6. The third kappa shape index (κ3) is 5.94. The second-order valence-corrected chi connectivity index (χ2v) is 5.19. The van der Waals surface area contributed by atoms with E-state index in [0.29, 0.717) is 31.1 Å². The number of carbonyl (C=O) groups excluding carboxylic acids is 1. The predicted molar refractivity (Wildman–Crippen MR) is 98.2 cm³/mol. The Morgan fingerprint density at radius 2 is 1.77 bits per heavy atom. The molecule has 0 aromatic heterocycles. The molecule has 0 unspecified atom stereocenters. The summed E-state index contributed by atoms with van der Waals surface area (Å²) in [6.07, 6.45) is 2.68. The smallest absolute Gasteiger partial charge is 0.276 e. The van der Waals surface area contributed by atoms with Crippen LogP contribution in [0.1, 0.15) is 12.5 Å². The van der Waals surface area contributed by atoms with Crippen molar-refractivity contribution >= 4 is 17.7 Å². The standard InChI is InChI=1S/C19H20N2O5/c1-2-25-16-8-10-17(11-9-16)26-14-13-20-19(22)12-7-15-5-3-4-6-18(15)21(23)24/h3-12H,2,13-14H2,1H3,(H,20,22)/b12-7+. The van der Waals surface area contributed by atoms with E-state index in [9.17, 15) is 14.9 Å². The van der Waals surface area contributed by atoms with Crippen LogP contribution in [0.2, 0.25) is 0 Å². The molecule has 0 fully saturated rings. The molecule has 136 valence electrons. The zero-order valence-electron chi connectivity index (χ0n) is 14.4. The summed E-state index contributed by atoms with van der Waals surface area (Å²) in [5.41, 5.74) is 0.327. The molecule has 2 aromatic carbocycles. The second kappa shape index (κ2) is 9.83. The molecule has 0 saturated heterocycles. The number of nitrogens with zero attached hydrogens (tertiary/aromatic N) is 1. The Hall–Kier alpha value is -3.35. The van der Waals surface area contributed by atoms with Crippen LogP contribution >= 0.6 is 0 Å². The van der Waals surface area contributed by atoms with Gasteiger partial charge in [-0.1, -0.05) is 12.1 Å². The second-order valence-electron chi connectivity index (χ2n) is 5.19. The number of para-hydroxylation sites is 1. The Morgan fingerprint density at radius 3 is 2.42 bits per heavy atom. The SMILES string of the molecule is CCOc1ccc(OCCNC(=O)/C=C/c2ccccc2[N+](=O)[O-])cc1. The lowest BCUT2D eigenvalue weighted by Crippen LogP contribution is -2.26. The lowest BCUT2D eigenvalue weighted by molar-refractivity contribution is -0.385. The number of carbonyl (C=O) groups is 1. The summed E-state index contributed by atoms with van der Waals surface area (Å²) in [4.78, 5) is 22.2. The van der Waals surface area contributed by atoms with Gasteiger partial charge in [0.05, 0.1) is 23.6 Å². The van der Waals surface area contributed by atoms with Gasteiger partial charge in [0, 0.05) is 12.1 Å². The summed E-state index contributed by atoms with van der Waals surface area (Å²) in [5.74, 6) is 1.10. The van der Waals surface area contributed by atoms with Gasteiger partial charge in [0.15, 0.2) is 0 Å². The van der Waals surface area contributed by atoms with Gasteiger partial charge in [0.1, 0.15) is 18.1 Å². The van der Waals surface area contributed by atoms with Crippen LogP contribution in [-0.2, 0) is 4.79 Å². The van der Waals surface area contributed by atoms with Crippen LogP contribution in [0.25, 0.3) is 6.08 Å². The Balaban J connectivity index is 1.76. The van der Waals surface area contributed by atoms with E-state index in [2.05, 4.69) is 5.32 Å². The molecule has 2 rings (SSSR count).